The van der Waals surface area contributed by atoms with Crippen LogP contribution in [0.1, 0.15) is 57.9 Å². The molecular weight excluding hydrogens is 492 g/mol. The molecule has 5 rings (SSSR count). The molecule has 2 saturated carbocycles. The van der Waals surface area contributed by atoms with Gasteiger partial charge in [0.15, 0.2) is 11.5 Å². The van der Waals surface area contributed by atoms with Crippen molar-refractivity contribution < 1.29 is 18.7 Å². The number of aliphatic hydroxyl groups excluding tert-OH is 1. The van der Waals surface area contributed by atoms with Crippen LogP contribution in [0.15, 0.2) is 18.3 Å². The van der Waals surface area contributed by atoms with Crippen LogP contribution in [0.25, 0.3) is 11.2 Å². The zero-order valence-corrected chi connectivity index (χ0v) is 20.5. The first-order valence-corrected chi connectivity index (χ1v) is 12.4. The van der Waals surface area contributed by atoms with Gasteiger partial charge < -0.3 is 21.5 Å². The van der Waals surface area contributed by atoms with E-state index in [-0.39, 0.29) is 40.8 Å². The van der Waals surface area contributed by atoms with Crippen molar-refractivity contribution in [2.45, 2.75) is 70.1 Å². The number of anilines is 3. The Morgan fingerprint density at radius 2 is 1.97 bits per heavy atom. The van der Waals surface area contributed by atoms with E-state index in [9.17, 15) is 18.7 Å². The molecule has 0 radical (unpaired) electrons. The van der Waals surface area contributed by atoms with Crippen LogP contribution < -0.4 is 16.4 Å². The summed E-state index contributed by atoms with van der Waals surface area (Å²) in [6.45, 7) is 1.87. The van der Waals surface area contributed by atoms with E-state index in [0.717, 1.165) is 25.0 Å². The van der Waals surface area contributed by atoms with Crippen molar-refractivity contribution in [1.82, 2.24) is 19.5 Å². The smallest absolute Gasteiger partial charge is 0.224 e. The van der Waals surface area contributed by atoms with Crippen LogP contribution >= 0.6 is 11.6 Å². The van der Waals surface area contributed by atoms with Crippen LogP contribution in [-0.4, -0.2) is 42.7 Å². The van der Waals surface area contributed by atoms with Gasteiger partial charge in [-0.15, -0.1) is 0 Å². The number of aliphatic hydroxyl groups is 1. The molecule has 0 saturated heterocycles. The second-order valence-electron chi connectivity index (χ2n) is 10.0. The Kier molecular flexibility index (Phi) is 6.46. The van der Waals surface area contributed by atoms with Gasteiger partial charge >= 0.3 is 0 Å². The standard InChI is InChI=1S/C24H28ClF2N7O2/c1-24(21(28)36)6-4-14(5-7-24)34-20-18(11-29-22(33-20)30-13-2-3-15(35)10-13)31-23(34)32-19-16(25)8-12(26)9-17(19)27/h8-9,11,13-15,35H,2-7,10H2,1H3,(H2,28,36)(H,31,32)(H,29,30,33)/t13-,14-,15-,24+/m0/s1. The first-order chi connectivity index (χ1) is 17.1. The van der Waals surface area contributed by atoms with E-state index in [0.29, 0.717) is 49.2 Å². The third-order valence-electron chi connectivity index (χ3n) is 7.43. The number of halogens is 3. The molecule has 0 unspecified atom stereocenters. The average molecular weight is 520 g/mol. The average Bonchev–Trinajstić information content (AvgIpc) is 3.39. The molecule has 5 N–H and O–H groups in total. The number of amides is 1. The number of nitrogens with zero attached hydrogens (tertiary/aromatic N) is 4. The first-order valence-electron chi connectivity index (χ1n) is 12.0. The molecule has 36 heavy (non-hydrogen) atoms. The summed E-state index contributed by atoms with van der Waals surface area (Å²) in [5, 5.41) is 15.9. The number of carbonyl (C=O) groups is 1. The lowest BCUT2D eigenvalue weighted by molar-refractivity contribution is -0.128. The van der Waals surface area contributed by atoms with Crippen molar-refractivity contribution in [3.63, 3.8) is 0 Å². The zero-order chi connectivity index (χ0) is 25.6. The molecule has 0 spiro atoms. The summed E-state index contributed by atoms with van der Waals surface area (Å²) < 4.78 is 30.1. The molecule has 12 heteroatoms. The number of fused-ring (bicyclic) bond motifs is 1. The SMILES string of the molecule is C[C@]1(C(N)=O)CC[C@@H](n2c(Nc3c(F)cc(F)cc3Cl)nc3cnc(N[C@H]4CC[C@H](O)C4)nc32)CC1. The topological polar surface area (TPSA) is 131 Å². The molecule has 3 aromatic rings. The van der Waals surface area contributed by atoms with Crippen LogP contribution in [0.3, 0.4) is 0 Å². The predicted molar refractivity (Wildman–Crippen MR) is 132 cm³/mol. The number of aromatic nitrogens is 4. The lowest BCUT2D eigenvalue weighted by Gasteiger charge is -2.35. The molecule has 2 atom stereocenters. The van der Waals surface area contributed by atoms with Gasteiger partial charge in [-0.3, -0.25) is 9.36 Å². The minimum Gasteiger partial charge on any atom is -0.393 e. The lowest BCUT2D eigenvalue weighted by atomic mass is 9.73. The van der Waals surface area contributed by atoms with Gasteiger partial charge in [0.05, 0.1) is 23.0 Å². The van der Waals surface area contributed by atoms with Gasteiger partial charge in [-0.05, 0) is 51.0 Å². The molecule has 2 fully saturated rings. The summed E-state index contributed by atoms with van der Waals surface area (Å²) in [6.07, 6.45) is 5.79. The van der Waals surface area contributed by atoms with Gasteiger partial charge in [0.25, 0.3) is 0 Å². The van der Waals surface area contributed by atoms with Gasteiger partial charge in [0, 0.05) is 23.6 Å². The first kappa shape index (κ1) is 24.6. The lowest BCUT2D eigenvalue weighted by Crippen LogP contribution is -2.38. The second-order valence-corrected chi connectivity index (χ2v) is 10.4. The Balaban J connectivity index is 1.53. The molecular formula is C24H28ClF2N7O2. The van der Waals surface area contributed by atoms with Gasteiger partial charge in [-0.25, -0.2) is 18.7 Å². The van der Waals surface area contributed by atoms with Crippen molar-refractivity contribution in [1.29, 1.82) is 0 Å². The molecule has 2 aliphatic rings. The molecule has 0 bridgehead atoms. The number of hydrogen-bond donors (Lipinski definition) is 4. The third kappa shape index (κ3) is 4.69. The van der Waals surface area contributed by atoms with Crippen molar-refractivity contribution in [2.24, 2.45) is 11.1 Å². The molecule has 192 valence electrons. The van der Waals surface area contributed by atoms with Gasteiger partial charge in [0.1, 0.15) is 11.3 Å². The highest BCUT2D eigenvalue weighted by atomic mass is 35.5. The van der Waals surface area contributed by atoms with Crippen molar-refractivity contribution in [3.8, 4) is 0 Å². The Morgan fingerprint density at radius 3 is 2.61 bits per heavy atom. The number of rotatable bonds is 6. The summed E-state index contributed by atoms with van der Waals surface area (Å²) >= 11 is 6.14. The van der Waals surface area contributed by atoms with E-state index in [1.165, 1.54) is 0 Å². The number of nitrogens with one attached hydrogen (secondary N) is 2. The van der Waals surface area contributed by atoms with E-state index in [4.69, 9.17) is 22.3 Å². The van der Waals surface area contributed by atoms with E-state index in [1.807, 2.05) is 11.5 Å². The number of hydrogen-bond acceptors (Lipinski definition) is 7. The Hall–Kier alpha value is -3.05. The fourth-order valence-corrected chi connectivity index (χ4v) is 5.43. The van der Waals surface area contributed by atoms with Gasteiger partial charge in [-0.1, -0.05) is 18.5 Å². The summed E-state index contributed by atoms with van der Waals surface area (Å²) in [5.41, 5.74) is 5.95. The molecule has 0 aliphatic heterocycles. The van der Waals surface area contributed by atoms with E-state index >= 15 is 0 Å². The highest BCUT2D eigenvalue weighted by Crippen LogP contribution is 2.43. The van der Waals surface area contributed by atoms with E-state index < -0.39 is 17.0 Å². The van der Waals surface area contributed by atoms with Crippen molar-refractivity contribution in [3.05, 3.63) is 35.0 Å². The normalized spacial score (nSPS) is 26.3. The summed E-state index contributed by atoms with van der Waals surface area (Å²) in [6, 6.07) is 1.72. The molecule has 2 heterocycles. The predicted octanol–water partition coefficient (Wildman–Crippen LogP) is 4.43. The van der Waals surface area contributed by atoms with Crippen LogP contribution in [0.4, 0.5) is 26.4 Å². The van der Waals surface area contributed by atoms with Crippen LogP contribution in [0, 0.1) is 17.0 Å². The Labute approximate surface area is 211 Å². The van der Waals surface area contributed by atoms with Gasteiger partial charge in [-0.2, -0.15) is 4.98 Å². The maximum absolute atomic E-state index is 14.6. The third-order valence-corrected chi connectivity index (χ3v) is 7.73. The van der Waals surface area contributed by atoms with Gasteiger partial charge in [0.2, 0.25) is 17.8 Å². The van der Waals surface area contributed by atoms with Crippen molar-refractivity contribution in [2.75, 3.05) is 10.6 Å². The van der Waals surface area contributed by atoms with Crippen molar-refractivity contribution >= 4 is 46.3 Å². The quantitative estimate of drug-likeness (QED) is 0.379. The van der Waals surface area contributed by atoms with E-state index in [2.05, 4.69) is 20.6 Å². The van der Waals surface area contributed by atoms with Crippen LogP contribution in [0.5, 0.6) is 0 Å². The fraction of sp³-hybridized carbons (Fsp3) is 0.500. The number of primary amides is 1. The second kappa shape index (κ2) is 9.44. The van der Waals surface area contributed by atoms with Crippen LogP contribution in [0.2, 0.25) is 5.02 Å². The number of carbonyl (C=O) groups excluding carboxylic acids is 1. The monoisotopic (exact) mass is 519 g/mol. The molecule has 2 aromatic heterocycles. The molecule has 2 aliphatic carbocycles. The highest BCUT2D eigenvalue weighted by molar-refractivity contribution is 6.33. The molecule has 1 aromatic carbocycles. The molecule has 1 amide bonds. The maximum atomic E-state index is 14.6. The summed E-state index contributed by atoms with van der Waals surface area (Å²) in [4.78, 5) is 25.7. The number of nitrogens with two attached hydrogens (primary N) is 1. The minimum absolute atomic E-state index is 0.0597. The zero-order valence-electron chi connectivity index (χ0n) is 19.8. The largest absolute Gasteiger partial charge is 0.393 e. The summed E-state index contributed by atoms with van der Waals surface area (Å²) in [5.74, 6) is -1.28. The Morgan fingerprint density at radius 1 is 1.22 bits per heavy atom. The highest BCUT2D eigenvalue weighted by Gasteiger charge is 2.38. The van der Waals surface area contributed by atoms with Crippen LogP contribution in [-0.2, 0) is 4.79 Å². The number of benzene rings is 1. The minimum atomic E-state index is -0.850. The van der Waals surface area contributed by atoms with E-state index in [1.54, 1.807) is 6.20 Å². The number of imidazole rings is 1. The fourth-order valence-electron chi connectivity index (χ4n) is 5.18. The molecule has 9 nitrogen and oxygen atoms in total. The summed E-state index contributed by atoms with van der Waals surface area (Å²) in [7, 11) is 0. The maximum Gasteiger partial charge on any atom is 0.224 e. The Bertz CT molecular complexity index is 1290.